The smallest absolute Gasteiger partial charge is 0.267 e. The van der Waals surface area contributed by atoms with Crippen LogP contribution in [-0.2, 0) is 9.47 Å². The van der Waals surface area contributed by atoms with Gasteiger partial charge in [0.1, 0.15) is 17.2 Å². The minimum atomic E-state index is 0.347. The summed E-state index contributed by atoms with van der Waals surface area (Å²) in [5, 5.41) is 11.2. The molecule has 1 N–H and O–H groups in total. The molecule has 0 amide bonds. The van der Waals surface area contributed by atoms with Gasteiger partial charge in [0.05, 0.1) is 31.4 Å². The maximum absolute atomic E-state index is 5.44. The zero-order chi connectivity index (χ0) is 19.5. The molecule has 0 unspecified atom stereocenters. The number of allylic oxidation sites excluding steroid dienone is 3. The molecule has 0 aliphatic heterocycles. The highest BCUT2D eigenvalue weighted by Crippen LogP contribution is 2.23. The molecule has 28 heavy (non-hydrogen) atoms. The first kappa shape index (κ1) is 17.7. The minimum absolute atomic E-state index is 0.347. The highest BCUT2D eigenvalue weighted by atomic mass is 16.5. The number of nitrogens with one attached hydrogen (secondary N) is 1. The van der Waals surface area contributed by atoms with Gasteiger partial charge in [-0.3, -0.25) is 4.98 Å². The predicted molar refractivity (Wildman–Crippen MR) is 104 cm³/mol. The molecule has 3 aromatic rings. The summed E-state index contributed by atoms with van der Waals surface area (Å²) in [6.45, 7) is 1.73. The van der Waals surface area contributed by atoms with Gasteiger partial charge in [-0.05, 0) is 30.4 Å². The summed E-state index contributed by atoms with van der Waals surface area (Å²) >= 11 is 0. The Labute approximate surface area is 161 Å². The number of benzene rings is 1. The van der Waals surface area contributed by atoms with E-state index in [2.05, 4.69) is 25.5 Å². The van der Waals surface area contributed by atoms with Crippen LogP contribution in [0.3, 0.4) is 0 Å². The molecule has 0 saturated carbocycles. The van der Waals surface area contributed by atoms with Crippen molar-refractivity contribution in [2.45, 2.75) is 13.3 Å². The van der Waals surface area contributed by atoms with Crippen molar-refractivity contribution in [2.24, 2.45) is 0 Å². The Kier molecular flexibility index (Phi) is 4.76. The molecule has 0 fully saturated rings. The molecule has 8 nitrogen and oxygen atoms in total. The number of aryl methyl sites for hydroxylation is 1. The van der Waals surface area contributed by atoms with E-state index in [1.165, 1.54) is 0 Å². The number of methoxy groups -OCH3 is 2. The van der Waals surface area contributed by atoms with Crippen molar-refractivity contribution in [3.63, 3.8) is 0 Å². The van der Waals surface area contributed by atoms with Gasteiger partial charge in [0.25, 0.3) is 5.89 Å². The lowest BCUT2D eigenvalue weighted by Crippen LogP contribution is -1.99. The molecule has 1 aliphatic rings. The van der Waals surface area contributed by atoms with Gasteiger partial charge in [-0.15, -0.1) is 10.2 Å². The van der Waals surface area contributed by atoms with E-state index in [9.17, 15) is 0 Å². The van der Waals surface area contributed by atoms with E-state index in [1.54, 1.807) is 27.3 Å². The third-order valence-electron chi connectivity index (χ3n) is 4.19. The second-order valence-electron chi connectivity index (χ2n) is 6.14. The Hall–Kier alpha value is -3.68. The van der Waals surface area contributed by atoms with Crippen LogP contribution in [0.25, 0.3) is 22.6 Å². The van der Waals surface area contributed by atoms with Crippen LogP contribution in [0.4, 0.5) is 5.69 Å². The van der Waals surface area contributed by atoms with Gasteiger partial charge < -0.3 is 19.2 Å². The van der Waals surface area contributed by atoms with Gasteiger partial charge in [0.15, 0.2) is 0 Å². The van der Waals surface area contributed by atoms with E-state index in [0.717, 1.165) is 28.4 Å². The molecular weight excluding hydrogens is 358 g/mol. The standard InChI is InChI=1S/C20H19N5O3/c1-12-24-25-20(28-12)19-11-21-17-7-4-13(10-18(17)23-19)22-14-8-15(26-2)5-6-16(9-14)27-3/h4-5,7-11,22H,6H2,1-3H3. The zero-order valence-corrected chi connectivity index (χ0v) is 15.8. The summed E-state index contributed by atoms with van der Waals surface area (Å²) in [5.41, 5.74) is 3.72. The maximum Gasteiger partial charge on any atom is 0.267 e. The van der Waals surface area contributed by atoms with Crippen molar-refractivity contribution in [2.75, 3.05) is 19.5 Å². The summed E-state index contributed by atoms with van der Waals surface area (Å²) in [5.74, 6) is 2.43. The lowest BCUT2D eigenvalue weighted by Gasteiger charge is -2.10. The van der Waals surface area contributed by atoms with E-state index < -0.39 is 0 Å². The van der Waals surface area contributed by atoms with Crippen molar-refractivity contribution in [3.8, 4) is 11.6 Å². The number of ether oxygens (including phenoxy) is 2. The quantitative estimate of drug-likeness (QED) is 0.718. The Morgan fingerprint density at radius 3 is 2.71 bits per heavy atom. The minimum Gasteiger partial charge on any atom is -0.501 e. The summed E-state index contributed by atoms with van der Waals surface area (Å²) in [6, 6.07) is 5.76. The van der Waals surface area contributed by atoms with Gasteiger partial charge >= 0.3 is 0 Å². The Balaban J connectivity index is 1.67. The number of anilines is 1. The first-order chi connectivity index (χ1) is 13.6. The second-order valence-corrected chi connectivity index (χ2v) is 6.14. The summed E-state index contributed by atoms with van der Waals surface area (Å²) in [7, 11) is 3.30. The lowest BCUT2D eigenvalue weighted by molar-refractivity contribution is 0.280. The second kappa shape index (κ2) is 7.51. The molecule has 4 rings (SSSR count). The van der Waals surface area contributed by atoms with Gasteiger partial charge in [0, 0.05) is 30.8 Å². The molecule has 0 saturated heterocycles. The molecule has 0 radical (unpaired) electrons. The third-order valence-corrected chi connectivity index (χ3v) is 4.19. The topological polar surface area (TPSA) is 95.2 Å². The molecule has 0 atom stereocenters. The monoisotopic (exact) mass is 377 g/mol. The van der Waals surface area contributed by atoms with E-state index >= 15 is 0 Å². The number of fused-ring (bicyclic) bond motifs is 1. The molecule has 0 bridgehead atoms. The predicted octanol–water partition coefficient (Wildman–Crippen LogP) is 3.75. The van der Waals surface area contributed by atoms with Crippen LogP contribution in [0.15, 0.2) is 64.3 Å². The maximum atomic E-state index is 5.44. The van der Waals surface area contributed by atoms with Gasteiger partial charge in [-0.25, -0.2) is 4.98 Å². The SMILES string of the molecule is COC1=CCC(OC)=CC(Nc2ccc3ncc(-c4nnc(C)o4)nc3c2)=C1. The molecule has 1 aliphatic carbocycles. The molecule has 8 heteroatoms. The van der Waals surface area contributed by atoms with Crippen molar-refractivity contribution >= 4 is 16.7 Å². The molecular formula is C20H19N5O3. The fraction of sp³-hybridized carbons (Fsp3) is 0.200. The first-order valence-corrected chi connectivity index (χ1v) is 8.69. The number of rotatable bonds is 5. The van der Waals surface area contributed by atoms with Crippen LogP contribution < -0.4 is 5.32 Å². The average molecular weight is 377 g/mol. The highest BCUT2D eigenvalue weighted by Gasteiger charge is 2.11. The molecule has 0 spiro atoms. The number of aromatic nitrogens is 4. The number of nitrogens with zero attached hydrogens (tertiary/aromatic N) is 4. The lowest BCUT2D eigenvalue weighted by atomic mass is 10.2. The van der Waals surface area contributed by atoms with Crippen molar-refractivity contribution in [1.82, 2.24) is 20.2 Å². The van der Waals surface area contributed by atoms with Crippen molar-refractivity contribution < 1.29 is 13.9 Å². The van der Waals surface area contributed by atoms with Gasteiger partial charge in [0.2, 0.25) is 5.89 Å². The van der Waals surface area contributed by atoms with Gasteiger partial charge in [-0.1, -0.05) is 0 Å². The summed E-state index contributed by atoms with van der Waals surface area (Å²) in [6.07, 6.45) is 8.11. The van der Waals surface area contributed by atoms with Crippen LogP contribution in [0, 0.1) is 6.92 Å². The fourth-order valence-corrected chi connectivity index (χ4v) is 2.80. The third kappa shape index (κ3) is 3.71. The van der Waals surface area contributed by atoms with Crippen LogP contribution in [0.5, 0.6) is 0 Å². The van der Waals surface area contributed by atoms with Crippen LogP contribution in [-0.4, -0.2) is 34.4 Å². The highest BCUT2D eigenvalue weighted by molar-refractivity contribution is 5.80. The largest absolute Gasteiger partial charge is 0.501 e. The van der Waals surface area contributed by atoms with E-state index in [4.69, 9.17) is 13.9 Å². The number of hydrogen-bond acceptors (Lipinski definition) is 8. The van der Waals surface area contributed by atoms with E-state index in [1.807, 2.05) is 36.4 Å². The first-order valence-electron chi connectivity index (χ1n) is 8.69. The average Bonchev–Trinajstić information content (AvgIpc) is 3.04. The van der Waals surface area contributed by atoms with Crippen molar-refractivity contribution in [1.29, 1.82) is 0 Å². The fourth-order valence-electron chi connectivity index (χ4n) is 2.80. The van der Waals surface area contributed by atoms with Crippen molar-refractivity contribution in [3.05, 3.63) is 65.7 Å². The Morgan fingerprint density at radius 1 is 1.07 bits per heavy atom. The number of hydrogen-bond donors (Lipinski definition) is 1. The summed E-state index contributed by atoms with van der Waals surface area (Å²) in [4.78, 5) is 9.03. The molecule has 2 aromatic heterocycles. The van der Waals surface area contributed by atoms with E-state index in [0.29, 0.717) is 29.4 Å². The molecule has 1 aromatic carbocycles. The Bertz CT molecular complexity index is 1110. The summed E-state index contributed by atoms with van der Waals surface area (Å²) < 4.78 is 16.2. The van der Waals surface area contributed by atoms with E-state index in [-0.39, 0.29) is 0 Å². The molecule has 142 valence electrons. The zero-order valence-electron chi connectivity index (χ0n) is 15.8. The van der Waals surface area contributed by atoms with Crippen LogP contribution in [0.1, 0.15) is 12.3 Å². The van der Waals surface area contributed by atoms with Crippen LogP contribution >= 0.6 is 0 Å². The normalized spacial score (nSPS) is 14.0. The van der Waals surface area contributed by atoms with Crippen LogP contribution in [0.2, 0.25) is 0 Å². The van der Waals surface area contributed by atoms with Gasteiger partial charge in [-0.2, -0.15) is 0 Å². The molecule has 2 heterocycles. The Morgan fingerprint density at radius 2 is 1.96 bits per heavy atom.